The average Bonchev–Trinajstić information content (AvgIpc) is 2.36. The van der Waals surface area contributed by atoms with Crippen molar-refractivity contribution in [2.45, 2.75) is 57.9 Å². The third-order valence-corrected chi connectivity index (χ3v) is 4.82. The van der Waals surface area contributed by atoms with Gasteiger partial charge in [0.2, 0.25) is 15.9 Å². The quantitative estimate of drug-likeness (QED) is 0.843. The number of rotatable bonds is 6. The Morgan fingerprint density at radius 2 is 1.73 bits per heavy atom. The predicted molar refractivity (Wildman–Crippen MR) is 89.2 cm³/mol. The lowest BCUT2D eigenvalue weighted by molar-refractivity contribution is -0.119. The molecule has 0 aliphatic heterocycles. The Morgan fingerprint density at radius 3 is 2.18 bits per heavy atom. The van der Waals surface area contributed by atoms with Crippen LogP contribution in [0.15, 0.2) is 29.2 Å². The summed E-state index contributed by atoms with van der Waals surface area (Å²) in [6.45, 7) is 9.27. The van der Waals surface area contributed by atoms with Gasteiger partial charge in [0.25, 0.3) is 0 Å². The topological polar surface area (TPSA) is 75.3 Å². The third-order valence-electron chi connectivity index (χ3n) is 3.04. The van der Waals surface area contributed by atoms with E-state index < -0.39 is 15.6 Å². The summed E-state index contributed by atoms with van der Waals surface area (Å²) in [6, 6.07) is 6.20. The maximum atomic E-state index is 12.2. The minimum absolute atomic E-state index is 0.0507. The average molecular weight is 326 g/mol. The molecule has 0 bridgehead atoms. The zero-order valence-corrected chi connectivity index (χ0v) is 14.8. The van der Waals surface area contributed by atoms with Crippen molar-refractivity contribution in [2.75, 3.05) is 5.32 Å². The number of carbonyl (C=O) groups is 1. The highest BCUT2D eigenvalue weighted by Crippen LogP contribution is 2.17. The molecule has 5 nitrogen and oxygen atoms in total. The summed E-state index contributed by atoms with van der Waals surface area (Å²) >= 11 is 0. The Balaban J connectivity index is 2.81. The Bertz CT molecular complexity index is 601. The van der Waals surface area contributed by atoms with E-state index >= 15 is 0 Å². The van der Waals surface area contributed by atoms with Gasteiger partial charge in [-0.25, -0.2) is 13.1 Å². The fraction of sp³-hybridized carbons (Fsp3) is 0.562. The molecule has 0 unspecified atom stereocenters. The maximum Gasteiger partial charge on any atom is 0.241 e. The number of sulfonamides is 1. The molecule has 1 rings (SSSR count). The normalized spacial score (nSPS) is 13.7. The SMILES string of the molecule is CCC[C@H](C)C(=O)Nc1ccc(S(=O)(=O)NC(C)(C)C)cc1. The van der Waals surface area contributed by atoms with Crippen LogP contribution in [0.4, 0.5) is 5.69 Å². The smallest absolute Gasteiger partial charge is 0.241 e. The molecule has 0 aliphatic rings. The first-order chi connectivity index (χ1) is 10.0. The Labute approximate surface area is 133 Å². The van der Waals surface area contributed by atoms with Gasteiger partial charge in [-0.2, -0.15) is 0 Å². The van der Waals surface area contributed by atoms with Crippen LogP contribution in [0.2, 0.25) is 0 Å². The van der Waals surface area contributed by atoms with Crippen LogP contribution in [0, 0.1) is 5.92 Å². The Morgan fingerprint density at radius 1 is 1.18 bits per heavy atom. The van der Waals surface area contributed by atoms with E-state index in [0.29, 0.717) is 5.69 Å². The summed E-state index contributed by atoms with van der Waals surface area (Å²) in [7, 11) is -3.55. The van der Waals surface area contributed by atoms with Crippen molar-refractivity contribution in [1.29, 1.82) is 0 Å². The molecule has 0 aromatic heterocycles. The van der Waals surface area contributed by atoms with E-state index in [0.717, 1.165) is 12.8 Å². The molecule has 1 atom stereocenters. The Hall–Kier alpha value is -1.40. The highest BCUT2D eigenvalue weighted by atomic mass is 32.2. The predicted octanol–water partition coefficient (Wildman–Crippen LogP) is 3.14. The van der Waals surface area contributed by atoms with Crippen LogP contribution in [0.1, 0.15) is 47.5 Å². The molecule has 0 fully saturated rings. The van der Waals surface area contributed by atoms with Crippen LogP contribution in [-0.4, -0.2) is 19.9 Å². The van der Waals surface area contributed by atoms with Crippen LogP contribution in [0.5, 0.6) is 0 Å². The standard InChI is InChI=1S/C16H26N2O3S/c1-6-7-12(2)15(19)17-13-8-10-14(11-9-13)22(20,21)18-16(3,4)5/h8-12,18H,6-7H2,1-5H3,(H,17,19)/t12-/m0/s1. The van der Waals surface area contributed by atoms with Crippen LogP contribution in [0.25, 0.3) is 0 Å². The van der Waals surface area contributed by atoms with Crippen LogP contribution >= 0.6 is 0 Å². The molecular weight excluding hydrogens is 300 g/mol. The molecule has 0 saturated heterocycles. The lowest BCUT2D eigenvalue weighted by Gasteiger charge is -2.20. The molecule has 0 radical (unpaired) electrons. The minimum atomic E-state index is -3.55. The number of anilines is 1. The molecule has 0 spiro atoms. The molecule has 1 aromatic carbocycles. The van der Waals surface area contributed by atoms with Crippen LogP contribution in [-0.2, 0) is 14.8 Å². The van der Waals surface area contributed by atoms with Crippen molar-refractivity contribution in [3.05, 3.63) is 24.3 Å². The summed E-state index contributed by atoms with van der Waals surface area (Å²) < 4.78 is 26.9. The van der Waals surface area contributed by atoms with Gasteiger partial charge in [0.1, 0.15) is 0 Å². The monoisotopic (exact) mass is 326 g/mol. The second-order valence-electron chi connectivity index (χ2n) is 6.56. The molecular formula is C16H26N2O3S. The molecule has 1 aromatic rings. The van der Waals surface area contributed by atoms with Gasteiger partial charge in [-0.05, 0) is 51.5 Å². The van der Waals surface area contributed by atoms with Crippen molar-refractivity contribution < 1.29 is 13.2 Å². The van der Waals surface area contributed by atoms with E-state index in [1.807, 2.05) is 13.8 Å². The van der Waals surface area contributed by atoms with Gasteiger partial charge in [-0.3, -0.25) is 4.79 Å². The summed E-state index contributed by atoms with van der Waals surface area (Å²) in [5, 5.41) is 2.80. The molecule has 2 N–H and O–H groups in total. The highest BCUT2D eigenvalue weighted by Gasteiger charge is 2.22. The van der Waals surface area contributed by atoms with Gasteiger partial charge in [0.05, 0.1) is 4.90 Å². The van der Waals surface area contributed by atoms with Gasteiger partial charge < -0.3 is 5.32 Å². The van der Waals surface area contributed by atoms with Gasteiger partial charge in [0, 0.05) is 17.1 Å². The van der Waals surface area contributed by atoms with E-state index in [9.17, 15) is 13.2 Å². The third kappa shape index (κ3) is 5.77. The van der Waals surface area contributed by atoms with E-state index in [4.69, 9.17) is 0 Å². The molecule has 0 heterocycles. The fourth-order valence-electron chi connectivity index (χ4n) is 2.01. The highest BCUT2D eigenvalue weighted by molar-refractivity contribution is 7.89. The minimum Gasteiger partial charge on any atom is -0.326 e. The summed E-state index contributed by atoms with van der Waals surface area (Å²) in [5.41, 5.74) is 0.0593. The zero-order chi connectivity index (χ0) is 17.0. The van der Waals surface area contributed by atoms with Gasteiger partial charge in [0.15, 0.2) is 0 Å². The molecule has 0 saturated carbocycles. The van der Waals surface area contributed by atoms with Gasteiger partial charge in [-0.15, -0.1) is 0 Å². The lowest BCUT2D eigenvalue weighted by atomic mass is 10.1. The van der Waals surface area contributed by atoms with Crippen LogP contribution in [0.3, 0.4) is 0 Å². The number of benzene rings is 1. The van der Waals surface area contributed by atoms with E-state index in [2.05, 4.69) is 10.0 Å². The van der Waals surface area contributed by atoms with Crippen LogP contribution < -0.4 is 10.0 Å². The first-order valence-electron chi connectivity index (χ1n) is 7.50. The number of amides is 1. The molecule has 124 valence electrons. The van der Waals surface area contributed by atoms with E-state index in [-0.39, 0.29) is 16.7 Å². The molecule has 6 heteroatoms. The largest absolute Gasteiger partial charge is 0.326 e. The van der Waals surface area contributed by atoms with Gasteiger partial charge >= 0.3 is 0 Å². The summed E-state index contributed by atoms with van der Waals surface area (Å²) in [5.74, 6) is -0.110. The number of hydrogen-bond acceptors (Lipinski definition) is 3. The fourth-order valence-corrected chi connectivity index (χ4v) is 3.43. The lowest BCUT2D eigenvalue weighted by Crippen LogP contribution is -2.40. The van der Waals surface area contributed by atoms with Crippen molar-refractivity contribution in [2.24, 2.45) is 5.92 Å². The second-order valence-corrected chi connectivity index (χ2v) is 8.24. The molecule has 0 aliphatic carbocycles. The van der Waals surface area contributed by atoms with Crippen molar-refractivity contribution in [1.82, 2.24) is 4.72 Å². The van der Waals surface area contributed by atoms with Crippen molar-refractivity contribution >= 4 is 21.6 Å². The Kier molecular flexibility index (Phi) is 6.14. The second kappa shape index (κ2) is 7.24. The molecule has 22 heavy (non-hydrogen) atoms. The maximum absolute atomic E-state index is 12.2. The van der Waals surface area contributed by atoms with Crippen molar-refractivity contribution in [3.63, 3.8) is 0 Å². The number of nitrogens with one attached hydrogen (secondary N) is 2. The number of carbonyl (C=O) groups excluding carboxylic acids is 1. The number of hydrogen-bond donors (Lipinski definition) is 2. The van der Waals surface area contributed by atoms with E-state index in [1.54, 1.807) is 32.9 Å². The molecule has 1 amide bonds. The first-order valence-corrected chi connectivity index (χ1v) is 8.98. The van der Waals surface area contributed by atoms with Crippen molar-refractivity contribution in [3.8, 4) is 0 Å². The first kappa shape index (κ1) is 18.6. The van der Waals surface area contributed by atoms with E-state index in [1.165, 1.54) is 12.1 Å². The zero-order valence-electron chi connectivity index (χ0n) is 13.9. The van der Waals surface area contributed by atoms with Gasteiger partial charge in [-0.1, -0.05) is 20.3 Å². The summed E-state index contributed by atoms with van der Waals surface area (Å²) in [4.78, 5) is 12.1. The summed E-state index contributed by atoms with van der Waals surface area (Å²) in [6.07, 6.45) is 1.78.